The van der Waals surface area contributed by atoms with Gasteiger partial charge in [0.05, 0.1) is 11.9 Å². The summed E-state index contributed by atoms with van der Waals surface area (Å²) in [6.07, 6.45) is 3.83. The summed E-state index contributed by atoms with van der Waals surface area (Å²) in [5, 5.41) is 2.28. The molecule has 4 aromatic heterocycles. The van der Waals surface area contributed by atoms with E-state index in [9.17, 15) is 0 Å². The molecule has 4 heterocycles. The van der Waals surface area contributed by atoms with Crippen molar-refractivity contribution in [2.75, 3.05) is 0 Å². The van der Waals surface area contributed by atoms with Gasteiger partial charge in [0.1, 0.15) is 11.3 Å². The Morgan fingerprint density at radius 1 is 1.09 bits per heavy atom. The third-order valence-corrected chi connectivity index (χ3v) is 4.05. The molecule has 1 N–H and O–H groups in total. The second-order valence-corrected chi connectivity index (χ2v) is 6.03. The van der Waals surface area contributed by atoms with E-state index in [0.717, 1.165) is 28.1 Å². The number of hydrogen-bond donors (Lipinski definition) is 1. The molecule has 0 saturated heterocycles. The molecule has 0 atom stereocenters. The maximum absolute atomic E-state index is 4.75. The number of aromatic nitrogens is 4. The fourth-order valence-electron chi connectivity index (χ4n) is 2.94. The number of nitrogens with one attached hydrogen (secondary N) is 1. The Labute approximate surface area is 128 Å². The lowest BCUT2D eigenvalue weighted by atomic mass is 10.1. The molecule has 0 amide bonds. The average Bonchev–Trinajstić information content (AvgIpc) is 3.09. The summed E-state index contributed by atoms with van der Waals surface area (Å²) in [6, 6.07) is 10.6. The van der Waals surface area contributed by atoms with Crippen LogP contribution in [0.2, 0.25) is 0 Å². The molecule has 0 spiro atoms. The van der Waals surface area contributed by atoms with Crippen LogP contribution in [0.25, 0.3) is 27.8 Å². The molecule has 4 heteroatoms. The molecular weight excluding hydrogens is 272 g/mol. The van der Waals surface area contributed by atoms with Gasteiger partial charge in [0.25, 0.3) is 0 Å². The van der Waals surface area contributed by atoms with E-state index in [1.807, 2.05) is 25.4 Å². The molecule has 110 valence electrons. The minimum Gasteiger partial charge on any atom is -0.346 e. The van der Waals surface area contributed by atoms with Crippen LogP contribution in [-0.2, 0) is 0 Å². The SMILES string of the molecule is Cc1ccc2cc(C(C)C)n(-c3cnc4[nH]ccc4c3)c2n1. The molecule has 0 fully saturated rings. The number of rotatable bonds is 2. The Bertz CT molecular complexity index is 975. The first-order valence-corrected chi connectivity index (χ1v) is 7.56. The molecule has 4 aromatic rings. The average molecular weight is 290 g/mol. The molecule has 0 aliphatic heterocycles. The first kappa shape index (κ1) is 13.1. The van der Waals surface area contributed by atoms with E-state index in [4.69, 9.17) is 4.98 Å². The number of pyridine rings is 2. The summed E-state index contributed by atoms with van der Waals surface area (Å²) in [5.41, 5.74) is 5.25. The van der Waals surface area contributed by atoms with Gasteiger partial charge in [-0.15, -0.1) is 0 Å². The van der Waals surface area contributed by atoms with Gasteiger partial charge in [-0.05, 0) is 43.2 Å². The second kappa shape index (κ2) is 4.70. The highest BCUT2D eigenvalue weighted by Gasteiger charge is 2.15. The zero-order chi connectivity index (χ0) is 15.3. The van der Waals surface area contributed by atoms with E-state index in [2.05, 4.69) is 52.6 Å². The molecule has 22 heavy (non-hydrogen) atoms. The quantitative estimate of drug-likeness (QED) is 0.597. The fraction of sp³-hybridized carbons (Fsp3) is 0.222. The van der Waals surface area contributed by atoms with E-state index in [1.165, 1.54) is 11.1 Å². The highest BCUT2D eigenvalue weighted by Crippen LogP contribution is 2.29. The van der Waals surface area contributed by atoms with Crippen molar-refractivity contribution in [1.82, 2.24) is 19.5 Å². The van der Waals surface area contributed by atoms with Crippen LogP contribution in [0.1, 0.15) is 31.2 Å². The van der Waals surface area contributed by atoms with E-state index in [0.29, 0.717) is 5.92 Å². The van der Waals surface area contributed by atoms with Crippen LogP contribution in [0, 0.1) is 6.92 Å². The van der Waals surface area contributed by atoms with Gasteiger partial charge >= 0.3 is 0 Å². The lowest BCUT2D eigenvalue weighted by Crippen LogP contribution is -2.03. The minimum atomic E-state index is 0.413. The number of aryl methyl sites for hydroxylation is 1. The third kappa shape index (κ3) is 1.91. The van der Waals surface area contributed by atoms with Gasteiger partial charge in [0.15, 0.2) is 0 Å². The minimum absolute atomic E-state index is 0.413. The topological polar surface area (TPSA) is 46.5 Å². The highest BCUT2D eigenvalue weighted by molar-refractivity contribution is 5.82. The van der Waals surface area contributed by atoms with Crippen LogP contribution in [0.3, 0.4) is 0 Å². The fourth-order valence-corrected chi connectivity index (χ4v) is 2.94. The van der Waals surface area contributed by atoms with Crippen molar-refractivity contribution in [1.29, 1.82) is 0 Å². The summed E-state index contributed by atoms with van der Waals surface area (Å²) >= 11 is 0. The van der Waals surface area contributed by atoms with Crippen molar-refractivity contribution < 1.29 is 0 Å². The molecule has 0 aromatic carbocycles. The normalized spacial score (nSPS) is 11.8. The number of fused-ring (bicyclic) bond motifs is 2. The van der Waals surface area contributed by atoms with Gasteiger partial charge in [-0.3, -0.25) is 4.57 Å². The van der Waals surface area contributed by atoms with Gasteiger partial charge in [0.2, 0.25) is 0 Å². The van der Waals surface area contributed by atoms with Gasteiger partial charge in [-0.1, -0.05) is 13.8 Å². The molecule has 4 nitrogen and oxygen atoms in total. The number of hydrogen-bond acceptors (Lipinski definition) is 2. The van der Waals surface area contributed by atoms with E-state index in [1.54, 1.807) is 0 Å². The van der Waals surface area contributed by atoms with Gasteiger partial charge in [0, 0.05) is 28.4 Å². The number of aromatic amines is 1. The summed E-state index contributed by atoms with van der Waals surface area (Å²) < 4.78 is 2.23. The van der Waals surface area contributed by atoms with Crippen LogP contribution in [0.4, 0.5) is 0 Å². The summed E-state index contributed by atoms with van der Waals surface area (Å²) in [5.74, 6) is 0.413. The van der Waals surface area contributed by atoms with Crippen molar-refractivity contribution in [2.45, 2.75) is 26.7 Å². The van der Waals surface area contributed by atoms with Crippen molar-refractivity contribution in [3.8, 4) is 5.69 Å². The maximum Gasteiger partial charge on any atom is 0.145 e. The van der Waals surface area contributed by atoms with E-state index < -0.39 is 0 Å². The molecule has 0 bridgehead atoms. The first-order chi connectivity index (χ1) is 10.6. The van der Waals surface area contributed by atoms with Crippen LogP contribution >= 0.6 is 0 Å². The monoisotopic (exact) mass is 290 g/mol. The zero-order valence-electron chi connectivity index (χ0n) is 13.0. The molecule has 0 saturated carbocycles. The molecule has 0 aliphatic carbocycles. The predicted molar refractivity (Wildman–Crippen MR) is 89.5 cm³/mol. The van der Waals surface area contributed by atoms with Crippen molar-refractivity contribution >= 4 is 22.1 Å². The second-order valence-electron chi connectivity index (χ2n) is 6.03. The van der Waals surface area contributed by atoms with Crippen LogP contribution in [0.5, 0.6) is 0 Å². The van der Waals surface area contributed by atoms with Crippen molar-refractivity contribution in [3.05, 3.63) is 54.1 Å². The van der Waals surface area contributed by atoms with E-state index >= 15 is 0 Å². The van der Waals surface area contributed by atoms with Crippen LogP contribution < -0.4 is 0 Å². The Morgan fingerprint density at radius 3 is 2.77 bits per heavy atom. The summed E-state index contributed by atoms with van der Waals surface area (Å²) in [7, 11) is 0. The van der Waals surface area contributed by atoms with Crippen LogP contribution in [-0.4, -0.2) is 19.5 Å². The van der Waals surface area contributed by atoms with Crippen LogP contribution in [0.15, 0.2) is 42.7 Å². The molecule has 0 unspecified atom stereocenters. The number of nitrogens with zero attached hydrogens (tertiary/aromatic N) is 3. The van der Waals surface area contributed by atoms with E-state index in [-0.39, 0.29) is 0 Å². The Morgan fingerprint density at radius 2 is 1.95 bits per heavy atom. The largest absolute Gasteiger partial charge is 0.346 e. The zero-order valence-corrected chi connectivity index (χ0v) is 13.0. The molecule has 4 rings (SSSR count). The number of H-pyrrole nitrogens is 1. The van der Waals surface area contributed by atoms with Crippen molar-refractivity contribution in [3.63, 3.8) is 0 Å². The van der Waals surface area contributed by atoms with Gasteiger partial charge in [-0.2, -0.15) is 0 Å². The van der Waals surface area contributed by atoms with Gasteiger partial charge < -0.3 is 4.98 Å². The standard InChI is InChI=1S/C18H18N4/c1-11(2)16-9-14-5-4-12(3)21-18(14)22(16)15-8-13-6-7-19-17(13)20-10-15/h4-11H,1-3H3,(H,19,20). The summed E-state index contributed by atoms with van der Waals surface area (Å²) in [4.78, 5) is 12.4. The predicted octanol–water partition coefficient (Wildman–Crippen LogP) is 4.33. The smallest absolute Gasteiger partial charge is 0.145 e. The third-order valence-electron chi connectivity index (χ3n) is 4.05. The molecular formula is C18H18N4. The Kier molecular flexibility index (Phi) is 2.79. The first-order valence-electron chi connectivity index (χ1n) is 7.56. The molecule has 0 radical (unpaired) electrons. The van der Waals surface area contributed by atoms with Crippen molar-refractivity contribution in [2.24, 2.45) is 0 Å². The summed E-state index contributed by atoms with van der Waals surface area (Å²) in [6.45, 7) is 6.44. The molecule has 0 aliphatic rings. The van der Waals surface area contributed by atoms with Gasteiger partial charge in [-0.25, -0.2) is 9.97 Å². The lowest BCUT2D eigenvalue weighted by Gasteiger charge is -2.12. The maximum atomic E-state index is 4.75. The highest BCUT2D eigenvalue weighted by atomic mass is 15.1. The Hall–Kier alpha value is -2.62. The Balaban J connectivity index is 2.06. The lowest BCUT2D eigenvalue weighted by molar-refractivity contribution is 0.792.